The van der Waals surface area contributed by atoms with E-state index in [1.165, 1.54) is 5.56 Å². The monoisotopic (exact) mass is 266 g/mol. The molecule has 3 nitrogen and oxygen atoms in total. The predicted molar refractivity (Wildman–Crippen MR) is 76.3 cm³/mol. The number of hydrogen-bond acceptors (Lipinski definition) is 3. The Labute approximate surface area is 113 Å². The fourth-order valence-corrected chi connectivity index (χ4v) is 3.58. The van der Waals surface area contributed by atoms with Crippen molar-refractivity contribution in [1.29, 1.82) is 0 Å². The maximum absolute atomic E-state index is 12.5. The molecule has 0 radical (unpaired) electrons. The number of thiophene rings is 1. The first-order valence-corrected chi connectivity index (χ1v) is 7.52. The van der Waals surface area contributed by atoms with Crippen LogP contribution < -0.4 is 5.32 Å². The number of carbonyl (C=O) groups excluding carboxylic acids is 1. The zero-order valence-electron chi connectivity index (χ0n) is 11.4. The van der Waals surface area contributed by atoms with Gasteiger partial charge in [-0.25, -0.2) is 0 Å². The second-order valence-electron chi connectivity index (χ2n) is 5.32. The van der Waals surface area contributed by atoms with Crippen molar-refractivity contribution in [3.8, 4) is 0 Å². The van der Waals surface area contributed by atoms with Gasteiger partial charge in [-0.3, -0.25) is 4.79 Å². The fourth-order valence-electron chi connectivity index (χ4n) is 2.56. The summed E-state index contributed by atoms with van der Waals surface area (Å²) in [4.78, 5) is 15.5. The molecule has 1 aliphatic rings. The SMILES string of the molecule is CNC[C@H]1CCN(C(=O)c2sccc2C(C)C)C1. The minimum absolute atomic E-state index is 0.229. The number of rotatable bonds is 4. The van der Waals surface area contributed by atoms with Gasteiger partial charge < -0.3 is 10.2 Å². The number of amides is 1. The smallest absolute Gasteiger partial charge is 0.264 e. The lowest BCUT2D eigenvalue weighted by Gasteiger charge is -2.17. The summed E-state index contributed by atoms with van der Waals surface area (Å²) in [5.41, 5.74) is 1.20. The van der Waals surface area contributed by atoms with Crippen molar-refractivity contribution in [1.82, 2.24) is 10.2 Å². The highest BCUT2D eigenvalue weighted by Gasteiger charge is 2.28. The highest BCUT2D eigenvalue weighted by molar-refractivity contribution is 7.12. The molecule has 2 heterocycles. The predicted octanol–water partition coefficient (Wildman–Crippen LogP) is 2.55. The van der Waals surface area contributed by atoms with E-state index in [0.29, 0.717) is 11.8 Å². The topological polar surface area (TPSA) is 32.3 Å². The van der Waals surface area contributed by atoms with E-state index in [9.17, 15) is 4.79 Å². The van der Waals surface area contributed by atoms with Crippen LogP contribution in [0.15, 0.2) is 11.4 Å². The zero-order chi connectivity index (χ0) is 13.1. The average Bonchev–Trinajstić information content (AvgIpc) is 2.96. The van der Waals surface area contributed by atoms with E-state index in [0.717, 1.165) is 30.9 Å². The molecule has 2 rings (SSSR count). The lowest BCUT2D eigenvalue weighted by molar-refractivity contribution is 0.0790. The van der Waals surface area contributed by atoms with Gasteiger partial charge in [0.05, 0.1) is 4.88 Å². The number of carbonyl (C=O) groups is 1. The first kappa shape index (κ1) is 13.6. The summed E-state index contributed by atoms with van der Waals surface area (Å²) >= 11 is 1.58. The molecule has 0 saturated carbocycles. The Hall–Kier alpha value is -0.870. The van der Waals surface area contributed by atoms with E-state index in [1.807, 2.05) is 17.3 Å². The van der Waals surface area contributed by atoms with E-state index in [4.69, 9.17) is 0 Å². The minimum atomic E-state index is 0.229. The Morgan fingerprint density at radius 1 is 1.61 bits per heavy atom. The van der Waals surface area contributed by atoms with Gasteiger partial charge in [0, 0.05) is 13.1 Å². The zero-order valence-corrected chi connectivity index (χ0v) is 12.2. The quantitative estimate of drug-likeness (QED) is 0.908. The second-order valence-corrected chi connectivity index (χ2v) is 6.24. The molecule has 1 aromatic rings. The van der Waals surface area contributed by atoms with Crippen LogP contribution >= 0.6 is 11.3 Å². The Morgan fingerprint density at radius 3 is 3.06 bits per heavy atom. The van der Waals surface area contributed by atoms with Gasteiger partial charge in [-0.15, -0.1) is 11.3 Å². The van der Waals surface area contributed by atoms with Crippen LogP contribution in [0, 0.1) is 5.92 Å². The van der Waals surface area contributed by atoms with Crippen LogP contribution in [0.2, 0.25) is 0 Å². The second kappa shape index (κ2) is 5.85. The third-order valence-corrected chi connectivity index (χ3v) is 4.50. The van der Waals surface area contributed by atoms with Crippen LogP contribution in [0.1, 0.15) is 41.4 Å². The van der Waals surface area contributed by atoms with Crippen molar-refractivity contribution in [3.05, 3.63) is 21.9 Å². The lowest BCUT2D eigenvalue weighted by atomic mass is 10.0. The van der Waals surface area contributed by atoms with Gasteiger partial charge in [-0.05, 0) is 48.9 Å². The highest BCUT2D eigenvalue weighted by Crippen LogP contribution is 2.28. The number of hydrogen-bond donors (Lipinski definition) is 1. The molecule has 100 valence electrons. The molecule has 0 aliphatic carbocycles. The molecule has 4 heteroatoms. The summed E-state index contributed by atoms with van der Waals surface area (Å²) < 4.78 is 0. The first-order valence-electron chi connectivity index (χ1n) is 6.64. The largest absolute Gasteiger partial charge is 0.338 e. The third kappa shape index (κ3) is 2.75. The average molecular weight is 266 g/mol. The van der Waals surface area contributed by atoms with Gasteiger partial charge in [0.15, 0.2) is 0 Å². The molecule has 1 saturated heterocycles. The van der Waals surface area contributed by atoms with Crippen molar-refractivity contribution >= 4 is 17.2 Å². The van der Waals surface area contributed by atoms with Crippen LogP contribution in [0.3, 0.4) is 0 Å². The van der Waals surface area contributed by atoms with Crippen molar-refractivity contribution in [2.24, 2.45) is 5.92 Å². The molecule has 0 spiro atoms. The Kier molecular flexibility index (Phi) is 4.40. The fraction of sp³-hybridized carbons (Fsp3) is 0.643. The molecule has 1 N–H and O–H groups in total. The Balaban J connectivity index is 2.06. The van der Waals surface area contributed by atoms with Crippen LogP contribution in [-0.4, -0.2) is 37.5 Å². The molecule has 18 heavy (non-hydrogen) atoms. The molecule has 1 atom stereocenters. The van der Waals surface area contributed by atoms with Gasteiger partial charge in [0.1, 0.15) is 0 Å². The molecular formula is C14H22N2OS. The normalized spacial score (nSPS) is 19.8. The van der Waals surface area contributed by atoms with E-state index >= 15 is 0 Å². The van der Waals surface area contributed by atoms with E-state index in [1.54, 1.807) is 11.3 Å². The van der Waals surface area contributed by atoms with Crippen molar-refractivity contribution in [3.63, 3.8) is 0 Å². The standard InChI is InChI=1S/C14H22N2OS/c1-10(2)12-5-7-18-13(12)14(17)16-6-4-11(9-16)8-15-3/h5,7,10-11,15H,4,6,8-9H2,1-3H3/t11-/m1/s1. The summed E-state index contributed by atoms with van der Waals surface area (Å²) in [6, 6.07) is 2.09. The van der Waals surface area contributed by atoms with Crippen LogP contribution in [0.4, 0.5) is 0 Å². The summed E-state index contributed by atoms with van der Waals surface area (Å²) in [7, 11) is 1.97. The van der Waals surface area contributed by atoms with E-state index < -0.39 is 0 Å². The van der Waals surface area contributed by atoms with Gasteiger partial charge in [-0.1, -0.05) is 13.8 Å². The van der Waals surface area contributed by atoms with Crippen LogP contribution in [0.25, 0.3) is 0 Å². The van der Waals surface area contributed by atoms with Crippen LogP contribution in [0.5, 0.6) is 0 Å². The number of likely N-dealkylation sites (tertiary alicyclic amines) is 1. The van der Waals surface area contributed by atoms with Crippen LogP contribution in [-0.2, 0) is 0 Å². The van der Waals surface area contributed by atoms with E-state index in [2.05, 4.69) is 25.2 Å². The van der Waals surface area contributed by atoms with Crippen molar-refractivity contribution in [2.75, 3.05) is 26.7 Å². The highest BCUT2D eigenvalue weighted by atomic mass is 32.1. The summed E-state index contributed by atoms with van der Waals surface area (Å²) in [6.07, 6.45) is 1.12. The maximum atomic E-state index is 12.5. The molecule has 1 amide bonds. The Morgan fingerprint density at radius 2 is 2.39 bits per heavy atom. The lowest BCUT2D eigenvalue weighted by Crippen LogP contribution is -2.30. The van der Waals surface area contributed by atoms with Gasteiger partial charge >= 0.3 is 0 Å². The first-order chi connectivity index (χ1) is 8.63. The summed E-state index contributed by atoms with van der Waals surface area (Å²) in [6.45, 7) is 7.10. The number of nitrogens with one attached hydrogen (secondary N) is 1. The molecule has 0 aromatic carbocycles. The molecule has 0 bridgehead atoms. The van der Waals surface area contributed by atoms with Crippen molar-refractivity contribution < 1.29 is 4.79 Å². The molecular weight excluding hydrogens is 244 g/mol. The Bertz CT molecular complexity index is 414. The molecule has 1 aliphatic heterocycles. The molecule has 1 aromatic heterocycles. The summed E-state index contributed by atoms with van der Waals surface area (Å²) in [5.74, 6) is 1.26. The van der Waals surface area contributed by atoms with Gasteiger partial charge in [-0.2, -0.15) is 0 Å². The molecule has 1 fully saturated rings. The minimum Gasteiger partial charge on any atom is -0.338 e. The van der Waals surface area contributed by atoms with Gasteiger partial charge in [0.2, 0.25) is 0 Å². The molecule has 0 unspecified atom stereocenters. The van der Waals surface area contributed by atoms with Gasteiger partial charge in [0.25, 0.3) is 5.91 Å². The summed E-state index contributed by atoms with van der Waals surface area (Å²) in [5, 5.41) is 5.23. The van der Waals surface area contributed by atoms with E-state index in [-0.39, 0.29) is 5.91 Å². The maximum Gasteiger partial charge on any atom is 0.264 e. The third-order valence-electron chi connectivity index (χ3n) is 3.58. The van der Waals surface area contributed by atoms with Crippen molar-refractivity contribution in [2.45, 2.75) is 26.2 Å². The number of nitrogens with zero attached hydrogens (tertiary/aromatic N) is 1.